The lowest BCUT2D eigenvalue weighted by molar-refractivity contribution is 0.443. The van der Waals surface area contributed by atoms with E-state index in [1.54, 1.807) is 0 Å². The average Bonchev–Trinajstić information content (AvgIpc) is 2.46. The fourth-order valence-corrected chi connectivity index (χ4v) is 3.87. The second-order valence-electron chi connectivity index (χ2n) is 5.51. The van der Waals surface area contributed by atoms with E-state index in [4.69, 9.17) is 0 Å². The fraction of sp³-hybridized carbons (Fsp3) is 0.600. The van der Waals surface area contributed by atoms with Gasteiger partial charge in [-0.05, 0) is 36.6 Å². The molecule has 0 bridgehead atoms. The second kappa shape index (κ2) is 8.08. The minimum absolute atomic E-state index is 0.0882. The molecule has 126 valence electrons. The van der Waals surface area contributed by atoms with Crippen molar-refractivity contribution < 1.29 is 16.8 Å². The number of sulfone groups is 1. The number of unbranched alkanes of at least 4 members (excludes halogenated alkanes) is 1. The smallest absolute Gasteiger partial charge is 0.224 e. The highest BCUT2D eigenvalue weighted by Crippen LogP contribution is 2.16. The van der Waals surface area contributed by atoms with Crippen LogP contribution < -0.4 is 4.72 Å². The highest BCUT2D eigenvalue weighted by Gasteiger charge is 2.17. The zero-order chi connectivity index (χ0) is 16.8. The van der Waals surface area contributed by atoms with Gasteiger partial charge in [0.05, 0.1) is 9.79 Å². The first-order valence-electron chi connectivity index (χ1n) is 7.50. The Labute approximate surface area is 134 Å². The van der Waals surface area contributed by atoms with Crippen LogP contribution in [0.4, 0.5) is 0 Å². The maximum Gasteiger partial charge on any atom is 0.240 e. The Kier molecular flexibility index (Phi) is 7.02. The van der Waals surface area contributed by atoms with Gasteiger partial charge in [-0.25, -0.2) is 21.6 Å². The number of sulfonamides is 1. The van der Waals surface area contributed by atoms with Gasteiger partial charge in [0.15, 0.2) is 9.84 Å². The van der Waals surface area contributed by atoms with E-state index in [2.05, 4.69) is 18.6 Å². The molecule has 0 saturated heterocycles. The summed E-state index contributed by atoms with van der Waals surface area (Å²) >= 11 is 0. The van der Waals surface area contributed by atoms with Crippen LogP contribution in [0.25, 0.3) is 0 Å². The quantitative estimate of drug-likeness (QED) is 0.744. The summed E-state index contributed by atoms with van der Waals surface area (Å²) in [4.78, 5) is 0.200. The molecular weight excluding hydrogens is 322 g/mol. The summed E-state index contributed by atoms with van der Waals surface area (Å²) in [5.74, 6) is 0.324. The molecule has 0 saturated carbocycles. The Balaban J connectivity index is 2.78. The van der Waals surface area contributed by atoms with Crippen LogP contribution in [0.2, 0.25) is 0 Å². The van der Waals surface area contributed by atoms with Crippen molar-refractivity contribution in [1.82, 2.24) is 4.72 Å². The summed E-state index contributed by atoms with van der Waals surface area (Å²) < 4.78 is 49.8. The summed E-state index contributed by atoms with van der Waals surface area (Å²) in [6.07, 6.45) is 5.20. The number of rotatable bonds is 9. The molecule has 0 heterocycles. The minimum atomic E-state index is -3.60. The van der Waals surface area contributed by atoms with Gasteiger partial charge < -0.3 is 0 Å². The Morgan fingerprint density at radius 1 is 1.00 bits per heavy atom. The monoisotopic (exact) mass is 347 g/mol. The molecule has 22 heavy (non-hydrogen) atoms. The summed E-state index contributed by atoms with van der Waals surface area (Å²) in [6.45, 7) is 4.57. The van der Waals surface area contributed by atoms with Crippen molar-refractivity contribution in [3.8, 4) is 0 Å². The van der Waals surface area contributed by atoms with Crippen LogP contribution in [-0.2, 0) is 19.9 Å². The van der Waals surface area contributed by atoms with Gasteiger partial charge in [-0.15, -0.1) is 0 Å². The SMILES string of the molecule is CCCC[C@@H](CC)CNS(=O)(=O)c1ccc(S(C)(=O)=O)cc1. The first kappa shape index (κ1) is 19.1. The Hall–Kier alpha value is -0.920. The van der Waals surface area contributed by atoms with Crippen molar-refractivity contribution in [3.05, 3.63) is 24.3 Å². The highest BCUT2D eigenvalue weighted by molar-refractivity contribution is 7.90. The molecule has 1 aromatic carbocycles. The lowest BCUT2D eigenvalue weighted by Gasteiger charge is -2.15. The van der Waals surface area contributed by atoms with E-state index in [-0.39, 0.29) is 9.79 Å². The molecule has 0 unspecified atom stereocenters. The van der Waals surface area contributed by atoms with Gasteiger partial charge >= 0.3 is 0 Å². The van der Waals surface area contributed by atoms with Gasteiger partial charge in [0.2, 0.25) is 10.0 Å². The summed E-state index contributed by atoms with van der Waals surface area (Å²) in [5, 5.41) is 0. The van der Waals surface area contributed by atoms with Gasteiger partial charge in [0.1, 0.15) is 0 Å². The van der Waals surface area contributed by atoms with E-state index in [1.807, 2.05) is 0 Å². The third-order valence-corrected chi connectivity index (χ3v) is 6.24. The van der Waals surface area contributed by atoms with Gasteiger partial charge in [-0.3, -0.25) is 0 Å². The third-order valence-electron chi connectivity index (χ3n) is 3.67. The number of benzene rings is 1. The minimum Gasteiger partial charge on any atom is -0.224 e. The van der Waals surface area contributed by atoms with Crippen LogP contribution in [-0.4, -0.2) is 29.6 Å². The predicted molar refractivity (Wildman–Crippen MR) is 88.0 cm³/mol. The third kappa shape index (κ3) is 5.70. The molecule has 1 rings (SSSR count). The number of hydrogen-bond acceptors (Lipinski definition) is 4. The summed E-state index contributed by atoms with van der Waals surface area (Å²) in [5.41, 5.74) is 0. The molecule has 7 heteroatoms. The van der Waals surface area contributed by atoms with Crippen molar-refractivity contribution in [2.45, 2.75) is 49.3 Å². The van der Waals surface area contributed by atoms with E-state index >= 15 is 0 Å². The molecule has 1 atom stereocenters. The van der Waals surface area contributed by atoms with E-state index in [0.29, 0.717) is 12.5 Å². The first-order chi connectivity index (χ1) is 10.2. The molecule has 0 aliphatic heterocycles. The summed E-state index contributed by atoms with van der Waals surface area (Å²) in [7, 11) is -6.92. The lowest BCUT2D eigenvalue weighted by Crippen LogP contribution is -2.29. The van der Waals surface area contributed by atoms with Crippen molar-refractivity contribution in [3.63, 3.8) is 0 Å². The Morgan fingerprint density at radius 2 is 1.55 bits per heavy atom. The predicted octanol–water partition coefficient (Wildman–Crippen LogP) is 2.58. The summed E-state index contributed by atoms with van der Waals surface area (Å²) in [6, 6.07) is 5.29. The Morgan fingerprint density at radius 3 is 2.00 bits per heavy atom. The maximum absolute atomic E-state index is 12.2. The van der Waals surface area contributed by atoms with E-state index in [0.717, 1.165) is 31.9 Å². The number of hydrogen-bond donors (Lipinski definition) is 1. The van der Waals surface area contributed by atoms with Gasteiger partial charge in [0, 0.05) is 12.8 Å². The molecule has 1 N–H and O–H groups in total. The highest BCUT2D eigenvalue weighted by atomic mass is 32.2. The zero-order valence-electron chi connectivity index (χ0n) is 13.4. The largest absolute Gasteiger partial charge is 0.240 e. The molecule has 5 nitrogen and oxygen atoms in total. The lowest BCUT2D eigenvalue weighted by atomic mass is 10.00. The van der Waals surface area contributed by atoms with Crippen LogP contribution in [0.3, 0.4) is 0 Å². The van der Waals surface area contributed by atoms with Crippen molar-refractivity contribution >= 4 is 19.9 Å². The Bertz CT molecular complexity index is 664. The van der Waals surface area contributed by atoms with Gasteiger partial charge in [0.25, 0.3) is 0 Å². The fourth-order valence-electron chi connectivity index (χ4n) is 2.12. The molecule has 1 aromatic rings. The zero-order valence-corrected chi connectivity index (χ0v) is 15.0. The average molecular weight is 348 g/mol. The molecule has 0 spiro atoms. The van der Waals surface area contributed by atoms with Crippen LogP contribution in [0.15, 0.2) is 34.1 Å². The van der Waals surface area contributed by atoms with Crippen LogP contribution in [0, 0.1) is 5.92 Å². The van der Waals surface area contributed by atoms with Gasteiger partial charge in [-0.1, -0.05) is 33.1 Å². The van der Waals surface area contributed by atoms with Crippen molar-refractivity contribution in [1.29, 1.82) is 0 Å². The van der Waals surface area contributed by atoms with E-state index in [1.165, 1.54) is 24.3 Å². The topological polar surface area (TPSA) is 80.3 Å². The maximum atomic E-state index is 12.2. The molecule has 0 radical (unpaired) electrons. The molecular formula is C15H25NO4S2. The standard InChI is InChI=1S/C15H25NO4S2/c1-4-6-7-13(5-2)12-16-22(19,20)15-10-8-14(9-11-15)21(3,17)18/h8-11,13,16H,4-7,12H2,1-3H3/t13-/m1/s1. The molecule has 0 fully saturated rings. The normalized spacial score (nSPS) is 14.0. The van der Waals surface area contributed by atoms with E-state index < -0.39 is 19.9 Å². The van der Waals surface area contributed by atoms with Crippen LogP contribution >= 0.6 is 0 Å². The van der Waals surface area contributed by atoms with Gasteiger partial charge in [-0.2, -0.15) is 0 Å². The second-order valence-corrected chi connectivity index (χ2v) is 9.29. The van der Waals surface area contributed by atoms with E-state index in [9.17, 15) is 16.8 Å². The van der Waals surface area contributed by atoms with Crippen LogP contribution in [0.1, 0.15) is 39.5 Å². The van der Waals surface area contributed by atoms with Crippen molar-refractivity contribution in [2.75, 3.05) is 12.8 Å². The van der Waals surface area contributed by atoms with Crippen molar-refractivity contribution in [2.24, 2.45) is 5.92 Å². The first-order valence-corrected chi connectivity index (χ1v) is 10.9. The number of nitrogens with one attached hydrogen (secondary N) is 1. The molecule has 0 aromatic heterocycles. The molecule has 0 aliphatic rings. The molecule has 0 amide bonds. The van der Waals surface area contributed by atoms with Crippen LogP contribution in [0.5, 0.6) is 0 Å². The molecule has 0 aliphatic carbocycles.